The van der Waals surface area contributed by atoms with Crippen molar-refractivity contribution in [2.24, 2.45) is 0 Å². The first kappa shape index (κ1) is 28.1. The van der Waals surface area contributed by atoms with Crippen molar-refractivity contribution >= 4 is 33.7 Å². The fourth-order valence-corrected chi connectivity index (χ4v) is 1.88. The molecule has 0 aliphatic rings. The van der Waals surface area contributed by atoms with Crippen LogP contribution in [0.4, 0.5) is 11.4 Å². The molecule has 174 valence electrons. The van der Waals surface area contributed by atoms with Crippen LogP contribution < -0.4 is 0 Å². The minimum Gasteiger partial charge on any atom is -0.481 e. The molecule has 0 atom stereocenters. The number of carboxylic acid groups (broad SMARTS) is 1. The number of hydrogen-bond donors (Lipinski definition) is 3. The van der Waals surface area contributed by atoms with Crippen LogP contribution >= 0.6 is 0 Å². The van der Waals surface area contributed by atoms with Crippen molar-refractivity contribution in [1.29, 1.82) is 0 Å². The van der Waals surface area contributed by atoms with E-state index in [1.807, 2.05) is 0 Å². The van der Waals surface area contributed by atoms with Gasteiger partial charge in [-0.3, -0.25) is 38.9 Å². The summed E-state index contributed by atoms with van der Waals surface area (Å²) in [6, 6.07) is 11.2. The average molecular weight is 474 g/mol. The molecule has 2 aromatic rings. The second-order valence-corrected chi connectivity index (χ2v) is 6.51. The van der Waals surface area contributed by atoms with Crippen molar-refractivity contribution in [3.8, 4) is 0 Å². The number of esters is 1. The maximum Gasteiger partial charge on any atom is 0.394 e. The number of carbonyl (C=O) groups excluding carboxylic acids is 1. The normalized spacial score (nSPS) is 9.84. The molecular weight excluding hydrogens is 456 g/mol. The molecule has 0 spiro atoms. The van der Waals surface area contributed by atoms with Crippen molar-refractivity contribution in [2.75, 3.05) is 7.11 Å². The first-order chi connectivity index (χ1) is 14.7. The lowest BCUT2D eigenvalue weighted by Gasteiger charge is -1.98. The van der Waals surface area contributed by atoms with Crippen LogP contribution in [-0.2, 0) is 37.6 Å². The average Bonchev–Trinajstić information content (AvgIpc) is 2.67. The molecule has 15 heteroatoms. The van der Waals surface area contributed by atoms with E-state index in [1.165, 1.54) is 55.6 Å². The molecule has 2 aromatic carbocycles. The number of methoxy groups -OCH3 is 1. The summed E-state index contributed by atoms with van der Waals surface area (Å²) in [5.74, 6) is -1.31. The molecule has 0 unspecified atom stereocenters. The number of ether oxygens (including phenoxy) is 1. The van der Waals surface area contributed by atoms with Gasteiger partial charge >= 0.3 is 22.3 Å². The summed E-state index contributed by atoms with van der Waals surface area (Å²) in [7, 11) is -3.37. The smallest absolute Gasteiger partial charge is 0.394 e. The van der Waals surface area contributed by atoms with Gasteiger partial charge in [-0.1, -0.05) is 24.3 Å². The number of carbonyl (C=O) groups is 2. The van der Waals surface area contributed by atoms with Crippen molar-refractivity contribution in [3.63, 3.8) is 0 Å². The van der Waals surface area contributed by atoms with E-state index in [4.69, 9.17) is 22.6 Å². The molecule has 0 aromatic heterocycles. The molecule has 0 radical (unpaired) electrons. The minimum absolute atomic E-state index is 0.0126. The molecule has 0 saturated carbocycles. The van der Waals surface area contributed by atoms with Gasteiger partial charge in [-0.25, -0.2) is 0 Å². The number of non-ortho nitro benzene ring substituents is 2. The lowest BCUT2D eigenvalue weighted by Crippen LogP contribution is -2.04. The van der Waals surface area contributed by atoms with Crippen LogP contribution in [0.1, 0.15) is 11.1 Å². The largest absolute Gasteiger partial charge is 0.481 e. The molecule has 0 amide bonds. The number of nitro groups is 2. The molecule has 0 fully saturated rings. The molecule has 0 aliphatic carbocycles. The van der Waals surface area contributed by atoms with E-state index in [9.17, 15) is 29.8 Å². The Bertz CT molecular complexity index is 1030. The van der Waals surface area contributed by atoms with Gasteiger partial charge in [0.25, 0.3) is 11.4 Å². The van der Waals surface area contributed by atoms with Gasteiger partial charge in [-0.15, -0.1) is 0 Å². The van der Waals surface area contributed by atoms with Crippen molar-refractivity contribution < 1.29 is 46.8 Å². The number of nitrogens with zero attached hydrogens (tertiary/aromatic N) is 2. The zero-order valence-electron chi connectivity index (χ0n) is 16.4. The summed E-state index contributed by atoms with van der Waals surface area (Å²) in [5, 5.41) is 28.9. The number of aliphatic carboxylic acids is 1. The molecule has 0 bridgehead atoms. The summed E-state index contributed by atoms with van der Waals surface area (Å²) in [5.41, 5.74) is 1.23. The maximum absolute atomic E-state index is 10.8. The topological polar surface area (TPSA) is 224 Å². The Morgan fingerprint density at radius 3 is 1.41 bits per heavy atom. The predicted molar refractivity (Wildman–Crippen MR) is 107 cm³/mol. The lowest BCUT2D eigenvalue weighted by molar-refractivity contribution is -0.385. The molecule has 2 rings (SSSR count). The second-order valence-electron chi connectivity index (χ2n) is 5.62. The number of benzene rings is 2. The highest BCUT2D eigenvalue weighted by Gasteiger charge is 2.07. The molecule has 0 aliphatic heterocycles. The minimum atomic E-state index is -4.67. The zero-order valence-corrected chi connectivity index (χ0v) is 17.2. The Balaban J connectivity index is 0.000000499. The molecule has 32 heavy (non-hydrogen) atoms. The number of hydrogen-bond acceptors (Lipinski definition) is 9. The highest BCUT2D eigenvalue weighted by atomic mass is 32.3. The Labute approximate surface area is 180 Å². The summed E-state index contributed by atoms with van der Waals surface area (Å²) in [4.78, 5) is 40.6. The van der Waals surface area contributed by atoms with Crippen LogP contribution in [0.3, 0.4) is 0 Å². The van der Waals surface area contributed by atoms with Crippen molar-refractivity contribution in [2.45, 2.75) is 12.8 Å². The summed E-state index contributed by atoms with van der Waals surface area (Å²) in [6.45, 7) is 0. The van der Waals surface area contributed by atoms with Gasteiger partial charge in [0.15, 0.2) is 0 Å². The number of rotatable bonds is 6. The van der Waals surface area contributed by atoms with Crippen molar-refractivity contribution in [3.05, 3.63) is 79.9 Å². The fourth-order valence-electron chi connectivity index (χ4n) is 1.88. The predicted octanol–water partition coefficient (Wildman–Crippen LogP) is 1.88. The molecule has 0 heterocycles. The highest BCUT2D eigenvalue weighted by molar-refractivity contribution is 7.79. The van der Waals surface area contributed by atoms with Gasteiger partial charge in [-0.05, 0) is 11.1 Å². The van der Waals surface area contributed by atoms with E-state index in [1.54, 1.807) is 0 Å². The second kappa shape index (κ2) is 13.4. The number of carboxylic acids is 1. The standard InChI is InChI=1S/C9H9NO4.C8H7NO4.H2O4S/c1-14-9(11)6-7-2-4-8(5-3-7)10(12)13;10-8(11)5-6-1-3-7(4-2-6)9(12)13;1-5(2,3)4/h2-5H,6H2,1H3;1-4H,5H2,(H,10,11);(H2,1,2,3,4). The van der Waals surface area contributed by atoms with Crippen LogP contribution in [0.5, 0.6) is 0 Å². The first-order valence-electron chi connectivity index (χ1n) is 8.18. The molecule has 3 N–H and O–H groups in total. The first-order valence-corrected chi connectivity index (χ1v) is 9.57. The highest BCUT2D eigenvalue weighted by Crippen LogP contribution is 2.13. The van der Waals surface area contributed by atoms with Crippen LogP contribution in [0.2, 0.25) is 0 Å². The third kappa shape index (κ3) is 14.1. The molecule has 14 nitrogen and oxygen atoms in total. The van der Waals surface area contributed by atoms with E-state index in [2.05, 4.69) is 4.74 Å². The van der Waals surface area contributed by atoms with E-state index in [0.717, 1.165) is 0 Å². The quantitative estimate of drug-likeness (QED) is 0.236. The van der Waals surface area contributed by atoms with E-state index >= 15 is 0 Å². The van der Waals surface area contributed by atoms with Crippen LogP contribution in [-0.4, -0.2) is 51.5 Å². The number of nitro benzene ring substituents is 2. The van der Waals surface area contributed by atoms with Gasteiger partial charge in [-0.2, -0.15) is 8.42 Å². The Morgan fingerprint density at radius 1 is 0.844 bits per heavy atom. The van der Waals surface area contributed by atoms with E-state index in [0.29, 0.717) is 11.1 Å². The lowest BCUT2D eigenvalue weighted by atomic mass is 10.1. The summed E-state index contributed by atoms with van der Waals surface area (Å²) < 4.78 is 36.0. The summed E-state index contributed by atoms with van der Waals surface area (Å²) >= 11 is 0. The Morgan fingerprint density at radius 2 is 1.16 bits per heavy atom. The van der Waals surface area contributed by atoms with Crippen LogP contribution in [0, 0.1) is 20.2 Å². The van der Waals surface area contributed by atoms with Crippen LogP contribution in [0.25, 0.3) is 0 Å². The van der Waals surface area contributed by atoms with Gasteiger partial charge in [0.2, 0.25) is 0 Å². The van der Waals surface area contributed by atoms with Gasteiger partial charge in [0, 0.05) is 24.3 Å². The summed E-state index contributed by atoms with van der Waals surface area (Å²) in [6.07, 6.45) is 0.0203. The monoisotopic (exact) mass is 474 g/mol. The maximum atomic E-state index is 10.8. The van der Waals surface area contributed by atoms with Crippen molar-refractivity contribution in [1.82, 2.24) is 0 Å². The van der Waals surface area contributed by atoms with Gasteiger partial charge in [0.05, 0.1) is 29.8 Å². The van der Waals surface area contributed by atoms with E-state index < -0.39 is 26.2 Å². The third-order valence-corrected chi connectivity index (χ3v) is 3.23. The van der Waals surface area contributed by atoms with Gasteiger partial charge < -0.3 is 9.84 Å². The van der Waals surface area contributed by atoms with Crippen LogP contribution in [0.15, 0.2) is 48.5 Å². The Kier molecular flexibility index (Phi) is 11.7. The molecule has 0 saturated heterocycles. The van der Waals surface area contributed by atoms with E-state index in [-0.39, 0.29) is 30.2 Å². The Hall–Kier alpha value is -3.95. The third-order valence-electron chi connectivity index (χ3n) is 3.23. The zero-order chi connectivity index (χ0) is 24.9. The van der Waals surface area contributed by atoms with Gasteiger partial charge in [0.1, 0.15) is 0 Å². The SMILES string of the molecule is COC(=O)Cc1ccc([N+](=O)[O-])cc1.O=C(O)Cc1ccc([N+](=O)[O-])cc1.O=S(=O)(O)O. The molecular formula is C17H18N2O12S. The fraction of sp³-hybridized carbons (Fsp3) is 0.176.